The number of nitrogens with zero attached hydrogens (tertiary/aromatic N) is 5. The molecule has 0 N–H and O–H groups in total. The Morgan fingerprint density at radius 3 is 2.67 bits per heavy atom. The van der Waals surface area contributed by atoms with E-state index in [0.717, 1.165) is 11.3 Å². The highest BCUT2D eigenvalue weighted by Gasteiger charge is 2.24. The fraction of sp³-hybridized carbons (Fsp3) is 0.333. The molecule has 27 heavy (non-hydrogen) atoms. The number of thiazole rings is 1. The number of sulfonamides is 1. The Labute approximate surface area is 158 Å². The van der Waals surface area contributed by atoms with E-state index in [9.17, 15) is 17.2 Å². The highest BCUT2D eigenvalue weighted by molar-refractivity contribution is 7.89. The first-order chi connectivity index (χ1) is 12.9. The van der Waals surface area contributed by atoms with Gasteiger partial charge in [0.1, 0.15) is 9.88 Å². The van der Waals surface area contributed by atoms with Crippen LogP contribution < -0.4 is 0 Å². The summed E-state index contributed by atoms with van der Waals surface area (Å²) in [6.07, 6.45) is 0.117. The zero-order valence-corrected chi connectivity index (χ0v) is 15.8. The lowest BCUT2D eigenvalue weighted by molar-refractivity contribution is 0.116. The van der Waals surface area contributed by atoms with Gasteiger partial charge in [0.2, 0.25) is 10.0 Å². The molecule has 0 aliphatic carbocycles. The van der Waals surface area contributed by atoms with Gasteiger partial charge < -0.3 is 4.42 Å². The van der Waals surface area contributed by atoms with Gasteiger partial charge >= 0.3 is 6.43 Å². The summed E-state index contributed by atoms with van der Waals surface area (Å²) in [5.41, 5.74) is 0.602. The topological polar surface area (TPSA) is 102 Å². The molecule has 0 unspecified atom stereocenters. The third kappa shape index (κ3) is 4.70. The standard InChI is InChI=1S/C15H15F2N5O3S2/c1-2-27(23,24)22(8-10-5-3-4-6-18-10)9-12-19-7-11(26-12)14-20-21-15(25-14)13(16)17/h3-7,13H,2,8-9H2,1H3. The highest BCUT2D eigenvalue weighted by Crippen LogP contribution is 2.28. The van der Waals surface area contributed by atoms with Gasteiger partial charge in [0.25, 0.3) is 11.8 Å². The number of hydrogen-bond acceptors (Lipinski definition) is 8. The molecule has 0 saturated heterocycles. The smallest absolute Gasteiger partial charge is 0.314 e. The fourth-order valence-electron chi connectivity index (χ4n) is 2.16. The van der Waals surface area contributed by atoms with Gasteiger partial charge in [-0.2, -0.15) is 13.1 Å². The van der Waals surface area contributed by atoms with Gasteiger partial charge in [-0.05, 0) is 19.1 Å². The Bertz CT molecular complexity index is 992. The van der Waals surface area contributed by atoms with Gasteiger partial charge in [-0.25, -0.2) is 13.4 Å². The van der Waals surface area contributed by atoms with Crippen LogP contribution in [0, 0.1) is 0 Å². The van der Waals surface area contributed by atoms with Gasteiger partial charge in [0.15, 0.2) is 0 Å². The summed E-state index contributed by atoms with van der Waals surface area (Å²) >= 11 is 1.10. The van der Waals surface area contributed by atoms with Crippen LogP contribution in [0.1, 0.15) is 29.9 Å². The molecule has 0 fully saturated rings. The molecule has 0 amide bonds. The minimum absolute atomic E-state index is 0.0211. The fourth-order valence-corrected chi connectivity index (χ4v) is 4.11. The summed E-state index contributed by atoms with van der Waals surface area (Å²) in [6, 6.07) is 5.25. The van der Waals surface area contributed by atoms with Crippen LogP contribution >= 0.6 is 11.3 Å². The number of halogens is 2. The minimum Gasteiger partial charge on any atom is -0.414 e. The van der Waals surface area contributed by atoms with Crippen molar-refractivity contribution >= 4 is 21.4 Å². The molecule has 3 heterocycles. The average Bonchev–Trinajstić information content (AvgIpc) is 3.31. The van der Waals surface area contributed by atoms with Crippen LogP contribution in [0.4, 0.5) is 8.78 Å². The van der Waals surface area contributed by atoms with Crippen LogP contribution in [-0.4, -0.2) is 38.6 Å². The maximum Gasteiger partial charge on any atom is 0.314 e. The van der Waals surface area contributed by atoms with E-state index in [1.807, 2.05) is 0 Å². The zero-order valence-electron chi connectivity index (χ0n) is 14.1. The highest BCUT2D eigenvalue weighted by atomic mass is 32.2. The van der Waals surface area contributed by atoms with Crippen LogP contribution in [0.15, 0.2) is 35.0 Å². The SMILES string of the molecule is CCS(=O)(=O)N(Cc1ccccn1)Cc1ncc(-c2nnc(C(F)F)o2)s1. The van der Waals surface area contributed by atoms with Crippen LogP contribution in [-0.2, 0) is 23.1 Å². The number of hydrogen-bond donors (Lipinski definition) is 0. The van der Waals surface area contributed by atoms with Crippen molar-refractivity contribution in [3.63, 3.8) is 0 Å². The van der Waals surface area contributed by atoms with Gasteiger partial charge in [-0.1, -0.05) is 6.07 Å². The van der Waals surface area contributed by atoms with Crippen molar-refractivity contribution < 1.29 is 21.6 Å². The maximum atomic E-state index is 12.6. The summed E-state index contributed by atoms with van der Waals surface area (Å²) in [6.45, 7) is 1.67. The number of aromatic nitrogens is 4. The Morgan fingerprint density at radius 2 is 2.04 bits per heavy atom. The molecule has 12 heteroatoms. The van der Waals surface area contributed by atoms with Gasteiger partial charge in [0, 0.05) is 6.20 Å². The molecule has 144 valence electrons. The second-order valence-corrected chi connectivity index (χ2v) is 8.73. The van der Waals surface area contributed by atoms with E-state index in [2.05, 4.69) is 20.2 Å². The first kappa shape index (κ1) is 19.5. The van der Waals surface area contributed by atoms with Gasteiger partial charge in [0.05, 0.1) is 30.7 Å². The first-order valence-corrected chi connectivity index (χ1v) is 10.3. The van der Waals surface area contributed by atoms with Crippen molar-refractivity contribution in [2.45, 2.75) is 26.4 Å². The van der Waals surface area contributed by atoms with Crippen molar-refractivity contribution in [2.75, 3.05) is 5.75 Å². The van der Waals surface area contributed by atoms with E-state index < -0.39 is 22.3 Å². The third-order valence-electron chi connectivity index (χ3n) is 3.53. The molecule has 0 aliphatic rings. The van der Waals surface area contributed by atoms with Crippen molar-refractivity contribution in [1.29, 1.82) is 0 Å². The molecule has 8 nitrogen and oxygen atoms in total. The monoisotopic (exact) mass is 415 g/mol. The van der Waals surface area contributed by atoms with E-state index in [1.165, 1.54) is 10.5 Å². The van der Waals surface area contributed by atoms with E-state index in [0.29, 0.717) is 15.6 Å². The molecule has 0 aliphatic heterocycles. The molecule has 0 radical (unpaired) electrons. The molecular weight excluding hydrogens is 400 g/mol. The molecule has 0 spiro atoms. The Balaban J connectivity index is 1.80. The summed E-state index contributed by atoms with van der Waals surface area (Å²) in [4.78, 5) is 8.69. The number of alkyl halides is 2. The second kappa shape index (κ2) is 8.15. The second-order valence-electron chi connectivity index (χ2n) is 5.35. The third-order valence-corrected chi connectivity index (χ3v) is 6.27. The molecule has 0 atom stereocenters. The normalized spacial score (nSPS) is 12.2. The Hall–Kier alpha value is -2.31. The molecule has 0 aromatic carbocycles. The quantitative estimate of drug-likeness (QED) is 0.557. The molecule has 0 saturated carbocycles. The molecule has 3 aromatic rings. The summed E-state index contributed by atoms with van der Waals surface area (Å²) in [5.74, 6) is -0.923. The average molecular weight is 415 g/mol. The van der Waals surface area contributed by atoms with Crippen LogP contribution in [0.5, 0.6) is 0 Å². The van der Waals surface area contributed by atoms with Crippen molar-refractivity contribution in [2.24, 2.45) is 0 Å². The Morgan fingerprint density at radius 1 is 1.22 bits per heavy atom. The van der Waals surface area contributed by atoms with Crippen LogP contribution in [0.3, 0.4) is 0 Å². The lowest BCUT2D eigenvalue weighted by Crippen LogP contribution is -2.31. The predicted octanol–water partition coefficient (Wildman–Crippen LogP) is 2.88. The summed E-state index contributed by atoms with van der Waals surface area (Å²) in [5, 5.41) is 7.30. The number of rotatable bonds is 8. The van der Waals surface area contributed by atoms with Gasteiger partial charge in [-0.15, -0.1) is 21.5 Å². The Kier molecular flexibility index (Phi) is 5.87. The van der Waals surface area contributed by atoms with Crippen molar-refractivity contribution in [3.05, 3.63) is 47.2 Å². The van der Waals surface area contributed by atoms with E-state index in [4.69, 9.17) is 4.42 Å². The van der Waals surface area contributed by atoms with Crippen LogP contribution in [0.25, 0.3) is 10.8 Å². The molecule has 3 aromatic heterocycles. The first-order valence-electron chi connectivity index (χ1n) is 7.83. The van der Waals surface area contributed by atoms with Crippen molar-refractivity contribution in [1.82, 2.24) is 24.5 Å². The largest absolute Gasteiger partial charge is 0.414 e. The molecular formula is C15H15F2N5O3S2. The zero-order chi connectivity index (χ0) is 19.4. The van der Waals surface area contributed by atoms with E-state index >= 15 is 0 Å². The van der Waals surface area contributed by atoms with Gasteiger partial charge in [-0.3, -0.25) is 4.98 Å². The molecule has 3 rings (SSSR count). The lowest BCUT2D eigenvalue weighted by Gasteiger charge is -2.19. The minimum atomic E-state index is -3.51. The van der Waals surface area contributed by atoms with E-state index in [1.54, 1.807) is 31.3 Å². The van der Waals surface area contributed by atoms with Crippen LogP contribution in [0.2, 0.25) is 0 Å². The molecule has 0 bridgehead atoms. The lowest BCUT2D eigenvalue weighted by atomic mass is 10.3. The van der Waals surface area contributed by atoms with E-state index in [-0.39, 0.29) is 24.7 Å². The maximum absolute atomic E-state index is 12.6. The number of pyridine rings is 1. The summed E-state index contributed by atoms with van der Waals surface area (Å²) < 4.78 is 56.1. The predicted molar refractivity (Wildman–Crippen MR) is 93.3 cm³/mol. The van der Waals surface area contributed by atoms with Crippen molar-refractivity contribution in [3.8, 4) is 10.8 Å². The summed E-state index contributed by atoms with van der Waals surface area (Å²) in [7, 11) is -3.51.